The monoisotopic (exact) mass is 277 g/mol. The van der Waals surface area contributed by atoms with E-state index in [0.717, 1.165) is 6.07 Å². The van der Waals surface area contributed by atoms with Gasteiger partial charge in [0.25, 0.3) is 5.69 Å². The van der Waals surface area contributed by atoms with Crippen LogP contribution in [0.2, 0.25) is 0 Å². The first-order chi connectivity index (χ1) is 9.49. The van der Waals surface area contributed by atoms with Crippen molar-refractivity contribution in [3.63, 3.8) is 0 Å². The van der Waals surface area contributed by atoms with Crippen molar-refractivity contribution in [3.05, 3.63) is 33.9 Å². The number of nitro benzene ring substituents is 1. The molecule has 1 aromatic carbocycles. The number of hydrogen-bond acceptors (Lipinski definition) is 6. The molecular weight excluding hydrogens is 266 g/mol. The molecule has 0 aliphatic rings. The maximum absolute atomic E-state index is 11.8. The molecular formula is C13H11NO6. The average Bonchev–Trinajstić information content (AvgIpc) is 2.44. The number of ketones is 1. The maximum atomic E-state index is 11.8. The third kappa shape index (κ3) is 3.81. The molecule has 0 spiro atoms. The summed E-state index contributed by atoms with van der Waals surface area (Å²) in [6, 6.07) is 3.73. The Kier molecular flexibility index (Phi) is 5.23. The molecule has 0 bridgehead atoms. The Morgan fingerprint density at radius 2 is 2.05 bits per heavy atom. The number of nitro groups is 1. The summed E-state index contributed by atoms with van der Waals surface area (Å²) < 4.78 is 9.37. The van der Waals surface area contributed by atoms with Crippen LogP contribution in [0.15, 0.2) is 18.2 Å². The molecule has 0 fully saturated rings. The molecule has 0 N–H and O–H groups in total. The zero-order valence-electron chi connectivity index (χ0n) is 10.8. The first kappa shape index (κ1) is 15.2. The van der Waals surface area contributed by atoms with E-state index < -0.39 is 22.4 Å². The second-order valence-electron chi connectivity index (χ2n) is 3.44. The standard InChI is InChI=1S/C13H11NO6/c1-3-20-13(16)7-6-12(15)10-5-4-9(19-2)8-11(10)14(17)18/h4-5,8H,3H2,1-2H3. The Morgan fingerprint density at radius 1 is 1.35 bits per heavy atom. The van der Waals surface area contributed by atoms with Gasteiger partial charge < -0.3 is 9.47 Å². The predicted molar refractivity (Wildman–Crippen MR) is 68.4 cm³/mol. The van der Waals surface area contributed by atoms with E-state index in [1.165, 1.54) is 19.2 Å². The SMILES string of the molecule is CCOC(=O)C#CC(=O)c1ccc(OC)cc1[N+](=O)[O-]. The van der Waals surface area contributed by atoms with Gasteiger partial charge in [0, 0.05) is 5.92 Å². The second kappa shape index (κ2) is 6.89. The van der Waals surface area contributed by atoms with Crippen molar-refractivity contribution in [1.82, 2.24) is 0 Å². The number of carbonyl (C=O) groups excluding carboxylic acids is 2. The highest BCUT2D eigenvalue weighted by atomic mass is 16.6. The molecule has 0 radical (unpaired) electrons. The first-order valence-electron chi connectivity index (χ1n) is 5.55. The van der Waals surface area contributed by atoms with Crippen LogP contribution in [0.5, 0.6) is 5.75 Å². The lowest BCUT2D eigenvalue weighted by Crippen LogP contribution is -2.04. The number of nitrogens with zero attached hydrogens (tertiary/aromatic N) is 1. The Bertz CT molecular complexity index is 611. The number of methoxy groups -OCH3 is 1. The van der Waals surface area contributed by atoms with Crippen LogP contribution in [0.4, 0.5) is 5.69 Å². The van der Waals surface area contributed by atoms with E-state index in [2.05, 4.69) is 4.74 Å². The van der Waals surface area contributed by atoms with E-state index in [9.17, 15) is 19.7 Å². The average molecular weight is 277 g/mol. The van der Waals surface area contributed by atoms with Crippen LogP contribution in [0.25, 0.3) is 0 Å². The topological polar surface area (TPSA) is 95.7 Å². The molecule has 0 aliphatic carbocycles. The molecule has 7 heteroatoms. The van der Waals surface area contributed by atoms with Gasteiger partial charge in [-0.3, -0.25) is 14.9 Å². The summed E-state index contributed by atoms with van der Waals surface area (Å²) in [7, 11) is 1.35. The summed E-state index contributed by atoms with van der Waals surface area (Å²) in [5, 5.41) is 10.9. The maximum Gasteiger partial charge on any atom is 0.384 e. The number of Topliss-reactive ketones (excluding diaryl/α,β-unsaturated/α-hetero) is 1. The molecule has 0 saturated heterocycles. The van der Waals surface area contributed by atoms with E-state index in [1.54, 1.807) is 6.92 Å². The van der Waals surface area contributed by atoms with Gasteiger partial charge in [-0.2, -0.15) is 0 Å². The first-order valence-corrected chi connectivity index (χ1v) is 5.55. The van der Waals surface area contributed by atoms with Gasteiger partial charge in [0.2, 0.25) is 5.78 Å². The number of esters is 1. The second-order valence-corrected chi connectivity index (χ2v) is 3.44. The Balaban J connectivity index is 3.10. The summed E-state index contributed by atoms with van der Waals surface area (Å²) in [5.41, 5.74) is -0.653. The summed E-state index contributed by atoms with van der Waals surface area (Å²) in [5.74, 6) is 2.51. The number of ether oxygens (including phenoxy) is 2. The lowest BCUT2D eigenvalue weighted by molar-refractivity contribution is -0.385. The highest BCUT2D eigenvalue weighted by Gasteiger charge is 2.20. The number of rotatable bonds is 4. The number of benzene rings is 1. The molecule has 1 aromatic rings. The fourth-order valence-corrected chi connectivity index (χ4v) is 1.32. The lowest BCUT2D eigenvalue weighted by atomic mass is 10.1. The Morgan fingerprint density at radius 3 is 2.60 bits per heavy atom. The minimum Gasteiger partial charge on any atom is -0.497 e. The van der Waals surface area contributed by atoms with Gasteiger partial charge >= 0.3 is 5.97 Å². The summed E-state index contributed by atoms with van der Waals surface area (Å²) >= 11 is 0. The summed E-state index contributed by atoms with van der Waals surface area (Å²) in [6.07, 6.45) is 0. The van der Waals surface area contributed by atoms with Gasteiger partial charge in [-0.05, 0) is 25.0 Å². The van der Waals surface area contributed by atoms with Crippen LogP contribution in [0.1, 0.15) is 17.3 Å². The molecule has 0 aromatic heterocycles. The lowest BCUT2D eigenvalue weighted by Gasteiger charge is -2.01. The van der Waals surface area contributed by atoms with E-state index in [1.807, 2.05) is 11.8 Å². The minimum absolute atomic E-state index is 0.129. The normalized spacial score (nSPS) is 9.10. The number of carbonyl (C=O) groups is 2. The molecule has 104 valence electrons. The Hall–Kier alpha value is -2.88. The zero-order chi connectivity index (χ0) is 15.1. The van der Waals surface area contributed by atoms with Gasteiger partial charge in [-0.1, -0.05) is 0 Å². The van der Waals surface area contributed by atoms with Crippen LogP contribution in [0, 0.1) is 22.0 Å². The highest BCUT2D eigenvalue weighted by molar-refractivity contribution is 6.14. The molecule has 0 heterocycles. The van der Waals surface area contributed by atoms with E-state index >= 15 is 0 Å². The van der Waals surface area contributed by atoms with Crippen LogP contribution >= 0.6 is 0 Å². The van der Waals surface area contributed by atoms with Crippen LogP contribution in [-0.4, -0.2) is 30.4 Å². The van der Waals surface area contributed by atoms with Gasteiger partial charge in [-0.15, -0.1) is 0 Å². The smallest absolute Gasteiger partial charge is 0.384 e. The van der Waals surface area contributed by atoms with Crippen molar-refractivity contribution in [2.24, 2.45) is 0 Å². The fraction of sp³-hybridized carbons (Fsp3) is 0.231. The van der Waals surface area contributed by atoms with Crippen LogP contribution < -0.4 is 4.74 Å². The molecule has 20 heavy (non-hydrogen) atoms. The van der Waals surface area contributed by atoms with Crippen molar-refractivity contribution < 1.29 is 24.0 Å². The van der Waals surface area contributed by atoms with Gasteiger partial charge in [0.1, 0.15) is 11.3 Å². The molecule has 7 nitrogen and oxygen atoms in total. The van der Waals surface area contributed by atoms with E-state index in [4.69, 9.17) is 4.74 Å². The van der Waals surface area contributed by atoms with Crippen LogP contribution in [0.3, 0.4) is 0 Å². The van der Waals surface area contributed by atoms with Crippen LogP contribution in [-0.2, 0) is 9.53 Å². The quantitative estimate of drug-likeness (QED) is 0.157. The highest BCUT2D eigenvalue weighted by Crippen LogP contribution is 2.24. The zero-order valence-corrected chi connectivity index (χ0v) is 10.8. The number of hydrogen-bond donors (Lipinski definition) is 0. The van der Waals surface area contributed by atoms with Crippen molar-refractivity contribution in [2.45, 2.75) is 6.92 Å². The molecule has 0 amide bonds. The third-order valence-corrected chi connectivity index (χ3v) is 2.20. The van der Waals surface area contributed by atoms with Gasteiger partial charge in [0.15, 0.2) is 0 Å². The summed E-state index contributed by atoms with van der Waals surface area (Å²) in [4.78, 5) is 32.9. The molecule has 0 atom stereocenters. The predicted octanol–water partition coefficient (Wildman–Crippen LogP) is 1.35. The van der Waals surface area contributed by atoms with Gasteiger partial charge in [-0.25, -0.2) is 4.79 Å². The summed E-state index contributed by atoms with van der Waals surface area (Å²) in [6.45, 7) is 1.72. The van der Waals surface area contributed by atoms with E-state index in [-0.39, 0.29) is 17.9 Å². The molecule has 0 aliphatic heterocycles. The largest absolute Gasteiger partial charge is 0.497 e. The van der Waals surface area contributed by atoms with Crippen molar-refractivity contribution in [1.29, 1.82) is 0 Å². The fourth-order valence-electron chi connectivity index (χ4n) is 1.32. The molecule has 1 rings (SSSR count). The van der Waals surface area contributed by atoms with Gasteiger partial charge in [0.05, 0.1) is 24.7 Å². The Labute approximate surface area is 114 Å². The van der Waals surface area contributed by atoms with Crippen molar-refractivity contribution in [2.75, 3.05) is 13.7 Å². The molecule has 0 unspecified atom stereocenters. The van der Waals surface area contributed by atoms with Crippen molar-refractivity contribution in [3.8, 4) is 17.6 Å². The van der Waals surface area contributed by atoms with E-state index in [0.29, 0.717) is 0 Å². The van der Waals surface area contributed by atoms with Crippen molar-refractivity contribution >= 4 is 17.4 Å². The molecule has 0 saturated carbocycles. The minimum atomic E-state index is -0.864. The third-order valence-electron chi connectivity index (χ3n) is 2.20.